The Morgan fingerprint density at radius 3 is 1.48 bits per heavy atom. The van der Waals surface area contributed by atoms with Crippen molar-refractivity contribution in [2.45, 2.75) is 56.8 Å². The summed E-state index contributed by atoms with van der Waals surface area (Å²) >= 11 is 0. The van der Waals surface area contributed by atoms with Crippen molar-refractivity contribution in [2.24, 2.45) is 0 Å². The van der Waals surface area contributed by atoms with E-state index in [0.29, 0.717) is 0 Å². The van der Waals surface area contributed by atoms with Gasteiger partial charge >= 0.3 is 0 Å². The number of terminal acetylenes is 2. The molecule has 0 radical (unpaired) electrons. The predicted octanol–water partition coefficient (Wildman–Crippen LogP) is 6.35. The highest BCUT2D eigenvalue weighted by Gasteiger charge is 2.41. The van der Waals surface area contributed by atoms with Crippen LogP contribution < -0.4 is 0 Å². The van der Waals surface area contributed by atoms with Crippen molar-refractivity contribution in [3.05, 3.63) is 59.7 Å². The van der Waals surface area contributed by atoms with Gasteiger partial charge < -0.3 is 0 Å². The lowest BCUT2D eigenvalue weighted by atomic mass is 9.73. The molecule has 3 rings (SSSR count). The van der Waals surface area contributed by atoms with Gasteiger partial charge in [-0.2, -0.15) is 0 Å². The van der Waals surface area contributed by atoms with Gasteiger partial charge in [-0.1, -0.05) is 48.5 Å². The quantitative estimate of drug-likeness (QED) is 0.408. The first kappa shape index (κ1) is 20.4. The number of rotatable bonds is 6. The first-order valence-corrected chi connectivity index (χ1v) is 10.3. The number of fused-ring (bicyclic) bond motifs is 3. The van der Waals surface area contributed by atoms with E-state index in [2.05, 4.69) is 84.1 Å². The van der Waals surface area contributed by atoms with E-state index >= 15 is 0 Å². The van der Waals surface area contributed by atoms with Gasteiger partial charge in [0.1, 0.15) is 0 Å². The summed E-state index contributed by atoms with van der Waals surface area (Å²) in [5.41, 5.74) is 5.14. The smallest absolute Gasteiger partial charge is 0.0433 e. The standard InChI is InChI=1S/C29H26/c1-3-5-7-9-11-17-23-29(24-18-12-10-8-6-4-2)27-21-15-13-19-25(27)26-20-14-16-22-28(26)29/h1-2,13-16,19-22H,5-10,23-24H2. The average Bonchev–Trinajstić information content (AvgIpc) is 3.04. The van der Waals surface area contributed by atoms with Crippen LogP contribution in [0.4, 0.5) is 0 Å². The zero-order valence-corrected chi connectivity index (χ0v) is 16.9. The molecule has 0 unspecified atom stereocenters. The molecule has 142 valence electrons. The van der Waals surface area contributed by atoms with Gasteiger partial charge in [0.15, 0.2) is 0 Å². The summed E-state index contributed by atoms with van der Waals surface area (Å²) in [6.07, 6.45) is 17.4. The monoisotopic (exact) mass is 374 g/mol. The Hall–Kier alpha value is -3.32. The zero-order valence-electron chi connectivity index (χ0n) is 16.9. The highest BCUT2D eigenvalue weighted by molar-refractivity contribution is 5.81. The molecule has 0 aromatic heterocycles. The molecule has 0 atom stereocenters. The first-order chi connectivity index (χ1) is 14.3. The lowest BCUT2D eigenvalue weighted by molar-refractivity contribution is 0.559. The van der Waals surface area contributed by atoms with Gasteiger partial charge in [0, 0.05) is 43.9 Å². The summed E-state index contributed by atoms with van der Waals surface area (Å²) in [6, 6.07) is 17.4. The number of unbranched alkanes of at least 4 members (excludes halogenated alkanes) is 4. The molecule has 0 saturated heterocycles. The van der Waals surface area contributed by atoms with Crippen molar-refractivity contribution < 1.29 is 0 Å². The molecule has 0 heterocycles. The van der Waals surface area contributed by atoms with Gasteiger partial charge in [-0.3, -0.25) is 0 Å². The Bertz CT molecular complexity index is 960. The third kappa shape index (κ3) is 4.57. The number of hydrogen-bond acceptors (Lipinski definition) is 0. The number of benzene rings is 2. The minimum atomic E-state index is -0.175. The SMILES string of the molecule is C#CCCCC#CCC1(CC#CCCCC#C)c2ccccc2-c2ccccc21. The largest absolute Gasteiger partial charge is 0.120 e. The molecular formula is C29H26. The zero-order chi connectivity index (χ0) is 20.4. The maximum absolute atomic E-state index is 5.34. The molecule has 0 heteroatoms. The maximum atomic E-state index is 5.34. The summed E-state index contributed by atoms with van der Waals surface area (Å²) < 4.78 is 0. The summed E-state index contributed by atoms with van der Waals surface area (Å²) in [4.78, 5) is 0. The third-order valence-electron chi connectivity index (χ3n) is 5.45. The molecule has 2 aromatic carbocycles. The minimum Gasteiger partial charge on any atom is -0.120 e. The van der Waals surface area contributed by atoms with Crippen molar-refractivity contribution in [1.82, 2.24) is 0 Å². The predicted molar refractivity (Wildman–Crippen MR) is 123 cm³/mol. The molecule has 1 aliphatic carbocycles. The van der Waals surface area contributed by atoms with Gasteiger partial charge in [0.2, 0.25) is 0 Å². The first-order valence-electron chi connectivity index (χ1n) is 10.3. The van der Waals surface area contributed by atoms with Crippen LogP contribution in [-0.2, 0) is 5.41 Å². The fourth-order valence-electron chi connectivity index (χ4n) is 4.02. The van der Waals surface area contributed by atoms with E-state index in [1.165, 1.54) is 22.3 Å². The molecule has 0 spiro atoms. The topological polar surface area (TPSA) is 0 Å². The normalized spacial score (nSPS) is 12.2. The van der Waals surface area contributed by atoms with E-state index < -0.39 is 0 Å². The fourth-order valence-corrected chi connectivity index (χ4v) is 4.02. The summed E-state index contributed by atoms with van der Waals surface area (Å²) in [7, 11) is 0. The second-order valence-electron chi connectivity index (χ2n) is 7.35. The van der Waals surface area contributed by atoms with Crippen molar-refractivity contribution in [3.8, 4) is 59.5 Å². The second-order valence-corrected chi connectivity index (χ2v) is 7.35. The molecule has 2 aromatic rings. The molecule has 29 heavy (non-hydrogen) atoms. The van der Waals surface area contributed by atoms with E-state index in [-0.39, 0.29) is 5.41 Å². The molecule has 0 nitrogen and oxygen atoms in total. The Kier molecular flexibility index (Phi) is 7.24. The lowest BCUT2D eigenvalue weighted by Crippen LogP contribution is -2.24. The Morgan fingerprint density at radius 1 is 0.586 bits per heavy atom. The van der Waals surface area contributed by atoms with Crippen LogP contribution >= 0.6 is 0 Å². The summed E-state index contributed by atoms with van der Waals surface area (Å²) in [6.45, 7) is 0. The van der Waals surface area contributed by atoms with Gasteiger partial charge in [0.25, 0.3) is 0 Å². The average molecular weight is 375 g/mol. The Labute approximate surface area is 176 Å². The van der Waals surface area contributed by atoms with Gasteiger partial charge in [-0.25, -0.2) is 0 Å². The molecule has 0 N–H and O–H groups in total. The molecular weight excluding hydrogens is 348 g/mol. The molecule has 0 amide bonds. The van der Waals surface area contributed by atoms with E-state index in [0.717, 1.165) is 51.4 Å². The van der Waals surface area contributed by atoms with Crippen LogP contribution in [0.25, 0.3) is 11.1 Å². The minimum absolute atomic E-state index is 0.175. The van der Waals surface area contributed by atoms with Crippen molar-refractivity contribution in [2.75, 3.05) is 0 Å². The van der Waals surface area contributed by atoms with Crippen LogP contribution in [0.2, 0.25) is 0 Å². The third-order valence-corrected chi connectivity index (χ3v) is 5.45. The van der Waals surface area contributed by atoms with E-state index in [1.807, 2.05) is 0 Å². The fraction of sp³-hybridized carbons (Fsp3) is 0.310. The van der Waals surface area contributed by atoms with E-state index in [9.17, 15) is 0 Å². The molecule has 0 bridgehead atoms. The van der Waals surface area contributed by atoms with Gasteiger partial charge in [-0.15, -0.1) is 48.4 Å². The van der Waals surface area contributed by atoms with E-state index in [1.54, 1.807) is 0 Å². The Balaban J connectivity index is 1.93. The summed E-state index contributed by atoms with van der Waals surface area (Å²) in [5.74, 6) is 19.0. The van der Waals surface area contributed by atoms with Crippen LogP contribution in [-0.4, -0.2) is 0 Å². The van der Waals surface area contributed by atoms with Crippen LogP contribution in [0, 0.1) is 48.4 Å². The van der Waals surface area contributed by atoms with E-state index in [4.69, 9.17) is 12.8 Å². The van der Waals surface area contributed by atoms with Crippen LogP contribution in [0.15, 0.2) is 48.5 Å². The molecule has 0 aliphatic heterocycles. The van der Waals surface area contributed by atoms with Gasteiger partial charge in [-0.05, 0) is 35.1 Å². The highest BCUT2D eigenvalue weighted by Crippen LogP contribution is 2.52. The summed E-state index contributed by atoms with van der Waals surface area (Å²) in [5, 5.41) is 0. The van der Waals surface area contributed by atoms with Crippen molar-refractivity contribution >= 4 is 0 Å². The van der Waals surface area contributed by atoms with Gasteiger partial charge in [0.05, 0.1) is 0 Å². The molecule has 1 aliphatic rings. The molecule has 0 fully saturated rings. The van der Waals surface area contributed by atoms with Crippen molar-refractivity contribution in [3.63, 3.8) is 0 Å². The molecule has 0 saturated carbocycles. The lowest BCUT2D eigenvalue weighted by Gasteiger charge is -2.28. The van der Waals surface area contributed by atoms with Crippen LogP contribution in [0.3, 0.4) is 0 Å². The van der Waals surface area contributed by atoms with Crippen molar-refractivity contribution in [1.29, 1.82) is 0 Å². The second kappa shape index (κ2) is 10.3. The highest BCUT2D eigenvalue weighted by atomic mass is 14.4. The number of hydrogen-bond donors (Lipinski definition) is 0. The maximum Gasteiger partial charge on any atom is 0.0433 e. The van der Waals surface area contributed by atoms with Crippen LogP contribution in [0.1, 0.15) is 62.5 Å². The Morgan fingerprint density at radius 2 is 1.03 bits per heavy atom. The van der Waals surface area contributed by atoms with Crippen LogP contribution in [0.5, 0.6) is 0 Å².